The Hall–Kier alpha value is -1.34. The van der Waals surface area contributed by atoms with Gasteiger partial charge in [-0.15, -0.1) is 0 Å². The smallest absolute Gasteiger partial charge is 0.344 e. The number of nitrogens with two attached hydrogens (primary N) is 1. The monoisotopic (exact) mass is 270 g/mol. The van der Waals surface area contributed by atoms with Gasteiger partial charge in [-0.25, -0.2) is 4.79 Å². The average Bonchev–Trinajstić information content (AvgIpc) is 2.72. The summed E-state index contributed by atoms with van der Waals surface area (Å²) in [6.45, 7) is 2.11. The van der Waals surface area contributed by atoms with E-state index in [1.165, 1.54) is 18.6 Å². The second kappa shape index (κ2) is 5.53. The first-order valence-corrected chi connectivity index (χ1v) is 6.67. The quantitative estimate of drug-likeness (QED) is 0.798. The Bertz CT molecular complexity index is 427. The van der Waals surface area contributed by atoms with Crippen molar-refractivity contribution in [2.24, 2.45) is 0 Å². The lowest BCUT2D eigenvalue weighted by atomic mass is 10.1. The number of nitrogens with zero attached hydrogens (tertiary/aromatic N) is 2. The van der Waals surface area contributed by atoms with Crippen molar-refractivity contribution in [3.8, 4) is 0 Å². The van der Waals surface area contributed by atoms with E-state index in [0.717, 1.165) is 25.9 Å². The number of hydrogen-bond acceptors (Lipinski definition) is 7. The number of ether oxygens (including phenoxy) is 1. The summed E-state index contributed by atoms with van der Waals surface area (Å²) >= 11 is 1.21. The van der Waals surface area contributed by atoms with Crippen molar-refractivity contribution in [2.75, 3.05) is 38.3 Å². The molecular weight excluding hydrogens is 252 g/mol. The van der Waals surface area contributed by atoms with E-state index < -0.39 is 5.97 Å². The predicted octanol–water partition coefficient (Wildman–Crippen LogP) is 1.02. The summed E-state index contributed by atoms with van der Waals surface area (Å²) in [6.07, 6.45) is 2.10. The lowest BCUT2D eigenvalue weighted by Gasteiger charge is -2.29. The molecule has 1 aromatic heterocycles. The summed E-state index contributed by atoms with van der Waals surface area (Å²) in [5, 5.41) is 4.07. The summed E-state index contributed by atoms with van der Waals surface area (Å²) < 4.78 is 8.73. The van der Waals surface area contributed by atoms with Gasteiger partial charge in [0.25, 0.3) is 0 Å². The molecule has 1 aliphatic heterocycles. The summed E-state index contributed by atoms with van der Waals surface area (Å²) in [5.41, 5.74) is 6.06. The van der Waals surface area contributed by atoms with E-state index in [9.17, 15) is 4.79 Å². The SMILES string of the molecule is COC(=O)c1c(N)nsc1NC1CCN(C)CC1. The van der Waals surface area contributed by atoms with Crippen LogP contribution in [0.15, 0.2) is 0 Å². The van der Waals surface area contributed by atoms with E-state index in [4.69, 9.17) is 10.5 Å². The number of rotatable bonds is 3. The number of hydrogen-bond donors (Lipinski definition) is 2. The number of aromatic nitrogens is 1. The maximum absolute atomic E-state index is 11.6. The van der Waals surface area contributed by atoms with Crippen molar-refractivity contribution in [3.05, 3.63) is 5.56 Å². The average molecular weight is 270 g/mol. The van der Waals surface area contributed by atoms with Gasteiger partial charge in [0.05, 0.1) is 7.11 Å². The first-order valence-electron chi connectivity index (χ1n) is 5.90. The molecule has 0 bridgehead atoms. The molecule has 1 fully saturated rings. The molecule has 7 heteroatoms. The van der Waals surface area contributed by atoms with E-state index in [2.05, 4.69) is 21.6 Å². The molecule has 0 saturated carbocycles. The topological polar surface area (TPSA) is 80.5 Å². The number of carbonyl (C=O) groups is 1. The number of piperidine rings is 1. The third-order valence-corrected chi connectivity index (χ3v) is 3.95. The van der Waals surface area contributed by atoms with Crippen molar-refractivity contribution in [2.45, 2.75) is 18.9 Å². The van der Waals surface area contributed by atoms with Gasteiger partial charge in [0.2, 0.25) is 0 Å². The Morgan fingerprint density at radius 2 is 2.22 bits per heavy atom. The van der Waals surface area contributed by atoms with Gasteiger partial charge in [-0.1, -0.05) is 0 Å². The number of carbonyl (C=O) groups excluding carboxylic acids is 1. The van der Waals surface area contributed by atoms with Crippen LogP contribution in [0, 0.1) is 0 Å². The highest BCUT2D eigenvalue weighted by Crippen LogP contribution is 2.29. The van der Waals surface area contributed by atoms with Gasteiger partial charge in [-0.2, -0.15) is 4.37 Å². The van der Waals surface area contributed by atoms with E-state index in [1.807, 2.05) is 0 Å². The Balaban J connectivity index is 2.07. The summed E-state index contributed by atoms with van der Waals surface area (Å²) in [5.74, 6) is -0.195. The zero-order valence-corrected chi connectivity index (χ0v) is 11.4. The molecule has 6 nitrogen and oxygen atoms in total. The Morgan fingerprint density at radius 3 is 2.83 bits per heavy atom. The zero-order chi connectivity index (χ0) is 13.1. The molecular formula is C11H18N4O2S. The molecule has 0 atom stereocenters. The van der Waals surface area contributed by atoms with Crippen LogP contribution in [0.5, 0.6) is 0 Å². The second-order valence-corrected chi connectivity index (χ2v) is 5.26. The van der Waals surface area contributed by atoms with Crippen molar-refractivity contribution in [1.82, 2.24) is 9.27 Å². The summed E-state index contributed by atoms with van der Waals surface area (Å²) in [7, 11) is 3.46. The van der Waals surface area contributed by atoms with Crippen LogP contribution in [-0.2, 0) is 4.74 Å². The highest BCUT2D eigenvalue weighted by molar-refractivity contribution is 7.11. The Labute approximate surface area is 110 Å². The van der Waals surface area contributed by atoms with Crippen molar-refractivity contribution >= 4 is 28.3 Å². The third-order valence-electron chi connectivity index (χ3n) is 3.16. The number of nitrogen functional groups attached to an aromatic ring is 1. The molecule has 0 unspecified atom stereocenters. The fourth-order valence-electron chi connectivity index (χ4n) is 2.04. The molecule has 1 aromatic rings. The lowest BCUT2D eigenvalue weighted by molar-refractivity contribution is 0.0603. The van der Waals surface area contributed by atoms with Gasteiger partial charge in [0.15, 0.2) is 5.82 Å². The number of nitrogens with one attached hydrogen (secondary N) is 1. The number of likely N-dealkylation sites (tertiary alicyclic amines) is 1. The summed E-state index contributed by atoms with van der Waals surface area (Å²) in [4.78, 5) is 13.9. The molecule has 100 valence electrons. The maximum Gasteiger partial charge on any atom is 0.344 e. The van der Waals surface area contributed by atoms with Gasteiger partial charge < -0.3 is 20.7 Å². The molecule has 0 spiro atoms. The highest BCUT2D eigenvalue weighted by atomic mass is 32.1. The maximum atomic E-state index is 11.6. The number of esters is 1. The molecule has 2 heterocycles. The first kappa shape index (κ1) is 13.1. The summed E-state index contributed by atoms with van der Waals surface area (Å²) in [6, 6.07) is 0.365. The standard InChI is InChI=1S/C11H18N4O2S/c1-15-5-3-7(4-6-15)13-10-8(11(16)17-2)9(12)14-18-10/h7,13H,3-6H2,1-2H3,(H2,12,14). The van der Waals surface area contributed by atoms with Gasteiger partial charge in [0.1, 0.15) is 10.6 Å². The van der Waals surface area contributed by atoms with Crippen LogP contribution in [0.25, 0.3) is 0 Å². The Kier molecular flexibility index (Phi) is 4.03. The van der Waals surface area contributed by atoms with Crippen LogP contribution in [0.4, 0.5) is 10.8 Å². The van der Waals surface area contributed by atoms with Crippen LogP contribution >= 0.6 is 11.5 Å². The molecule has 0 radical (unpaired) electrons. The van der Waals surface area contributed by atoms with Gasteiger partial charge >= 0.3 is 5.97 Å². The number of methoxy groups -OCH3 is 1. The van der Waals surface area contributed by atoms with Gasteiger partial charge in [-0.3, -0.25) is 0 Å². The van der Waals surface area contributed by atoms with E-state index in [1.54, 1.807) is 0 Å². The molecule has 1 aliphatic rings. The van der Waals surface area contributed by atoms with Crippen molar-refractivity contribution in [1.29, 1.82) is 0 Å². The first-order chi connectivity index (χ1) is 8.61. The largest absolute Gasteiger partial charge is 0.465 e. The van der Waals surface area contributed by atoms with Crippen molar-refractivity contribution < 1.29 is 9.53 Å². The minimum atomic E-state index is -0.434. The van der Waals surface area contributed by atoms with Gasteiger partial charge in [-0.05, 0) is 44.5 Å². The molecule has 18 heavy (non-hydrogen) atoms. The van der Waals surface area contributed by atoms with Crippen LogP contribution < -0.4 is 11.1 Å². The van der Waals surface area contributed by atoms with E-state index in [0.29, 0.717) is 16.6 Å². The minimum absolute atomic E-state index is 0.238. The van der Waals surface area contributed by atoms with Crippen LogP contribution in [0.1, 0.15) is 23.2 Å². The zero-order valence-electron chi connectivity index (χ0n) is 10.6. The fourth-order valence-corrected chi connectivity index (χ4v) is 2.82. The van der Waals surface area contributed by atoms with E-state index in [-0.39, 0.29) is 5.82 Å². The van der Waals surface area contributed by atoms with Crippen molar-refractivity contribution in [3.63, 3.8) is 0 Å². The van der Waals surface area contributed by atoms with E-state index >= 15 is 0 Å². The molecule has 2 rings (SSSR count). The lowest BCUT2D eigenvalue weighted by Crippen LogP contribution is -2.36. The normalized spacial score (nSPS) is 17.7. The minimum Gasteiger partial charge on any atom is -0.465 e. The number of anilines is 2. The fraction of sp³-hybridized carbons (Fsp3) is 0.636. The van der Waals surface area contributed by atoms with Crippen LogP contribution in [0.2, 0.25) is 0 Å². The van der Waals surface area contributed by atoms with Crippen LogP contribution in [-0.4, -0.2) is 48.5 Å². The molecule has 0 aromatic carbocycles. The molecule has 1 saturated heterocycles. The Morgan fingerprint density at radius 1 is 1.56 bits per heavy atom. The molecule has 0 aliphatic carbocycles. The highest BCUT2D eigenvalue weighted by Gasteiger charge is 2.23. The molecule has 0 amide bonds. The van der Waals surface area contributed by atoms with Gasteiger partial charge in [0, 0.05) is 6.04 Å². The third kappa shape index (κ3) is 2.73. The predicted molar refractivity (Wildman–Crippen MR) is 72.0 cm³/mol. The second-order valence-electron chi connectivity index (χ2n) is 4.49. The molecule has 3 N–H and O–H groups in total. The van der Waals surface area contributed by atoms with Crippen LogP contribution in [0.3, 0.4) is 0 Å².